The average Bonchev–Trinajstić information content (AvgIpc) is 2.04. The molecule has 1 radical (unpaired) electrons. The number of carbonyl (C=O) groups excluding carboxylic acids is 1. The molecule has 13 heavy (non-hydrogen) atoms. The molecule has 0 aromatic heterocycles. The summed E-state index contributed by atoms with van der Waals surface area (Å²) in [5.41, 5.74) is 1.64. The third kappa shape index (κ3) is 4.23. The van der Waals surface area contributed by atoms with Gasteiger partial charge in [-0.1, -0.05) is 6.07 Å². The van der Waals surface area contributed by atoms with Crippen LogP contribution in [0.2, 0.25) is 0 Å². The Morgan fingerprint density at radius 2 is 2.15 bits per heavy atom. The second kappa shape index (κ2) is 5.93. The van der Waals surface area contributed by atoms with Crippen molar-refractivity contribution in [2.45, 2.75) is 0 Å². The van der Waals surface area contributed by atoms with E-state index in [0.717, 1.165) is 6.07 Å². The number of hydrogen-bond acceptors (Lipinski definition) is 1. The summed E-state index contributed by atoms with van der Waals surface area (Å²) in [5.74, 6) is 7.66. The summed E-state index contributed by atoms with van der Waals surface area (Å²) in [6.07, 6.45) is 0. The van der Waals surface area contributed by atoms with Crippen LogP contribution >= 0.6 is 0 Å². The van der Waals surface area contributed by atoms with E-state index in [9.17, 15) is 9.18 Å². The quantitative estimate of drug-likeness (QED) is 0.419. The van der Waals surface area contributed by atoms with Gasteiger partial charge in [0.2, 0.25) is 0 Å². The van der Waals surface area contributed by atoms with Crippen molar-refractivity contribution in [1.82, 2.24) is 5.43 Å². The molecule has 0 heterocycles. The number of halogens is 1. The van der Waals surface area contributed by atoms with Crippen LogP contribution in [-0.4, -0.2) is 6.03 Å². The van der Waals surface area contributed by atoms with Gasteiger partial charge in [-0.05, 0) is 18.2 Å². The molecule has 2 amide bonds. The van der Waals surface area contributed by atoms with Crippen LogP contribution in [0.3, 0.4) is 0 Å². The summed E-state index contributed by atoms with van der Waals surface area (Å²) < 4.78 is 12.5. The van der Waals surface area contributed by atoms with E-state index in [1.54, 1.807) is 0 Å². The van der Waals surface area contributed by atoms with Crippen LogP contribution < -0.4 is 40.3 Å². The van der Waals surface area contributed by atoms with Gasteiger partial charge in [0.25, 0.3) is 0 Å². The Kier molecular flexibility index (Phi) is 5.65. The fourth-order valence-electron chi connectivity index (χ4n) is 0.725. The maximum Gasteiger partial charge on any atom is 1.00 e. The molecule has 63 valence electrons. The summed E-state index contributed by atoms with van der Waals surface area (Å²) in [6, 6.07) is 4.53. The first-order valence-electron chi connectivity index (χ1n) is 3.19. The first kappa shape index (κ1) is 12.4. The number of rotatable bonds is 1. The van der Waals surface area contributed by atoms with Gasteiger partial charge in [0.1, 0.15) is 5.82 Å². The molecule has 0 fully saturated rings. The van der Waals surface area contributed by atoms with Gasteiger partial charge in [-0.3, -0.25) is 4.79 Å². The van der Waals surface area contributed by atoms with Crippen molar-refractivity contribution in [3.63, 3.8) is 0 Å². The molecule has 0 aliphatic heterocycles. The molecule has 0 saturated carbocycles. The molecule has 0 aliphatic carbocycles. The molecule has 2 N–H and O–H groups in total. The number of urea groups is 1. The average molecular weight is 190 g/mol. The molecular weight excluding hydrogens is 184 g/mol. The van der Waals surface area contributed by atoms with E-state index in [4.69, 9.17) is 5.84 Å². The molecule has 1 aromatic rings. The smallest absolute Gasteiger partial charge is 0.696 e. The standard InChI is InChI=1S/C7H6FN3O.Na/c8-5-2-1-3-6(4-5)10-7(12)11-9;/h1-4H,(H2,10,11,12);/q-1;+1. The summed E-state index contributed by atoms with van der Waals surface area (Å²) in [4.78, 5) is 10.5. The molecule has 0 unspecified atom stereocenters. The fourth-order valence-corrected chi connectivity index (χ4v) is 0.725. The molecule has 1 rings (SSSR count). The van der Waals surface area contributed by atoms with E-state index in [2.05, 4.69) is 5.32 Å². The maximum absolute atomic E-state index is 12.5. The van der Waals surface area contributed by atoms with Crippen LogP contribution in [-0.2, 0) is 0 Å². The molecule has 4 nitrogen and oxygen atoms in total. The number of carbonyl (C=O) groups is 1. The summed E-state index contributed by atoms with van der Waals surface area (Å²) in [6.45, 7) is 0. The van der Waals surface area contributed by atoms with Gasteiger partial charge in [-0.25, -0.2) is 4.39 Å². The van der Waals surface area contributed by atoms with Gasteiger partial charge in [0, 0.05) is 5.69 Å². The van der Waals surface area contributed by atoms with Crippen molar-refractivity contribution in [3.05, 3.63) is 35.9 Å². The zero-order valence-corrected chi connectivity index (χ0v) is 9.04. The fraction of sp³-hybridized carbons (Fsp3) is 0. The van der Waals surface area contributed by atoms with Crippen LogP contribution in [0.15, 0.2) is 24.3 Å². The SMILES string of the molecule is [N-]NC(=O)Nc1cccc(F)c1.[Na+]. The van der Waals surface area contributed by atoms with Crippen LogP contribution in [0.25, 0.3) is 5.84 Å². The number of anilines is 1. The second-order valence-electron chi connectivity index (χ2n) is 2.08. The third-order valence-electron chi connectivity index (χ3n) is 1.18. The van der Waals surface area contributed by atoms with Crippen LogP contribution in [0.4, 0.5) is 14.9 Å². The van der Waals surface area contributed by atoms with Crippen molar-refractivity contribution in [3.8, 4) is 0 Å². The van der Waals surface area contributed by atoms with Gasteiger partial charge < -0.3 is 16.6 Å². The number of nitrogens with zero attached hydrogens (tertiary/aromatic N) is 1. The zero-order chi connectivity index (χ0) is 8.97. The number of amides is 2. The normalized spacial score (nSPS) is 8.46. The Morgan fingerprint density at radius 1 is 1.46 bits per heavy atom. The monoisotopic (exact) mass is 190 g/mol. The molecule has 0 bridgehead atoms. The summed E-state index contributed by atoms with van der Waals surface area (Å²) in [5, 5.41) is 2.19. The Morgan fingerprint density at radius 3 is 2.69 bits per heavy atom. The molecule has 0 spiro atoms. The van der Waals surface area contributed by atoms with Crippen LogP contribution in [0.5, 0.6) is 0 Å². The van der Waals surface area contributed by atoms with E-state index < -0.39 is 11.8 Å². The van der Waals surface area contributed by atoms with Crippen molar-refractivity contribution < 1.29 is 38.7 Å². The number of nitrogens with one attached hydrogen (secondary N) is 2. The molecule has 0 aliphatic rings. The van der Waals surface area contributed by atoms with Crippen molar-refractivity contribution in [2.75, 3.05) is 5.32 Å². The minimum Gasteiger partial charge on any atom is -0.696 e. The number of benzene rings is 1. The van der Waals surface area contributed by atoms with Crippen molar-refractivity contribution >= 4 is 11.7 Å². The van der Waals surface area contributed by atoms with E-state index in [0.29, 0.717) is 0 Å². The van der Waals surface area contributed by atoms with Crippen LogP contribution in [0, 0.1) is 5.82 Å². The van der Waals surface area contributed by atoms with Crippen LogP contribution in [0.1, 0.15) is 0 Å². The largest absolute Gasteiger partial charge is 1.00 e. The van der Waals surface area contributed by atoms with Gasteiger partial charge in [-0.2, -0.15) is 0 Å². The Labute approximate surface area is 96.9 Å². The minimum absolute atomic E-state index is 0. The Balaban J connectivity index is 0.00000144. The predicted octanol–water partition coefficient (Wildman–Crippen LogP) is -1.30. The molecule has 1 aromatic carbocycles. The van der Waals surface area contributed by atoms with E-state index in [-0.39, 0.29) is 35.2 Å². The maximum atomic E-state index is 12.5. The second-order valence-corrected chi connectivity index (χ2v) is 2.08. The molecule has 0 saturated heterocycles. The number of hydrogen-bond donors (Lipinski definition) is 2. The van der Waals surface area contributed by atoms with E-state index >= 15 is 0 Å². The molecular formula is C7H6FN3NaO. The van der Waals surface area contributed by atoms with E-state index in [1.807, 2.05) is 0 Å². The first-order chi connectivity index (χ1) is 5.72. The van der Waals surface area contributed by atoms with Crippen molar-refractivity contribution in [1.29, 1.82) is 0 Å². The summed E-state index contributed by atoms with van der Waals surface area (Å²) in [7, 11) is 0. The molecule has 0 atom stereocenters. The van der Waals surface area contributed by atoms with Gasteiger partial charge >= 0.3 is 35.6 Å². The van der Waals surface area contributed by atoms with Gasteiger partial charge in [-0.15, -0.1) is 0 Å². The third-order valence-corrected chi connectivity index (χ3v) is 1.18. The van der Waals surface area contributed by atoms with Crippen molar-refractivity contribution in [2.24, 2.45) is 0 Å². The minimum atomic E-state index is -0.805. The van der Waals surface area contributed by atoms with Gasteiger partial charge in [0.05, 0.1) is 0 Å². The summed E-state index contributed by atoms with van der Waals surface area (Å²) >= 11 is 0. The molecule has 6 heteroatoms. The first-order valence-corrected chi connectivity index (χ1v) is 3.19. The Hall–Kier alpha value is -0.620. The predicted molar refractivity (Wildman–Crippen MR) is 41.9 cm³/mol. The Bertz CT molecular complexity index is 295. The topological polar surface area (TPSA) is 63.4 Å². The van der Waals surface area contributed by atoms with E-state index in [1.165, 1.54) is 23.6 Å². The van der Waals surface area contributed by atoms with Gasteiger partial charge in [0.15, 0.2) is 0 Å². The zero-order valence-electron chi connectivity index (χ0n) is 7.04.